The molecular formula is C26H25FN4O3S. The van der Waals surface area contributed by atoms with Crippen molar-refractivity contribution in [3.63, 3.8) is 0 Å². The number of benzene rings is 2. The third-order valence-electron chi connectivity index (χ3n) is 5.68. The Labute approximate surface area is 207 Å². The Bertz CT molecular complexity index is 1330. The molecule has 7 nitrogen and oxygen atoms in total. The van der Waals surface area contributed by atoms with Gasteiger partial charge in [0, 0.05) is 42.5 Å². The number of amides is 3. The van der Waals surface area contributed by atoms with E-state index in [1.807, 2.05) is 63.2 Å². The van der Waals surface area contributed by atoms with Crippen LogP contribution in [0.15, 0.2) is 59.5 Å². The summed E-state index contributed by atoms with van der Waals surface area (Å²) in [4.78, 5) is 40.9. The van der Waals surface area contributed by atoms with Gasteiger partial charge in [-0.25, -0.2) is 4.39 Å². The SMILES string of the molecule is Cc1cc(/C=C2\SC(=O)N(CC(=O)Nc3ccc(F)cc3)C2=O)c(C)n1-c1ccc(N(C)C)cc1. The minimum absolute atomic E-state index is 0.257. The maximum Gasteiger partial charge on any atom is 0.294 e. The molecule has 0 unspecified atom stereocenters. The van der Waals surface area contributed by atoms with Crippen molar-refractivity contribution < 1.29 is 18.8 Å². The highest BCUT2D eigenvalue weighted by atomic mass is 32.2. The molecule has 2 aromatic carbocycles. The number of anilines is 2. The molecule has 9 heteroatoms. The van der Waals surface area contributed by atoms with Crippen LogP contribution in [0.5, 0.6) is 0 Å². The normalized spacial score (nSPS) is 14.7. The van der Waals surface area contributed by atoms with E-state index < -0.39 is 29.4 Å². The van der Waals surface area contributed by atoms with Crippen LogP contribution in [0.25, 0.3) is 11.8 Å². The lowest BCUT2D eigenvalue weighted by atomic mass is 10.2. The average molecular weight is 493 g/mol. The number of halogens is 1. The van der Waals surface area contributed by atoms with E-state index in [0.717, 1.165) is 45.0 Å². The first kappa shape index (κ1) is 24.3. The van der Waals surface area contributed by atoms with E-state index in [0.29, 0.717) is 5.69 Å². The van der Waals surface area contributed by atoms with Gasteiger partial charge >= 0.3 is 0 Å². The van der Waals surface area contributed by atoms with E-state index in [9.17, 15) is 18.8 Å². The molecule has 180 valence electrons. The van der Waals surface area contributed by atoms with Gasteiger partial charge in [-0.1, -0.05) is 0 Å². The molecule has 1 aliphatic heterocycles. The zero-order chi connectivity index (χ0) is 25.3. The van der Waals surface area contributed by atoms with Crippen LogP contribution in [0.1, 0.15) is 17.0 Å². The van der Waals surface area contributed by atoms with E-state index in [1.54, 1.807) is 6.08 Å². The quantitative estimate of drug-likeness (QED) is 0.492. The Hall–Kier alpha value is -3.85. The van der Waals surface area contributed by atoms with Gasteiger partial charge in [0.15, 0.2) is 0 Å². The summed E-state index contributed by atoms with van der Waals surface area (Å²) in [5.41, 5.74) is 5.21. The molecule has 1 aromatic heterocycles. The summed E-state index contributed by atoms with van der Waals surface area (Å²) >= 11 is 0.806. The van der Waals surface area contributed by atoms with Crippen molar-refractivity contribution in [2.75, 3.05) is 30.9 Å². The van der Waals surface area contributed by atoms with Crippen molar-refractivity contribution >= 4 is 46.3 Å². The van der Waals surface area contributed by atoms with Crippen LogP contribution in [0.4, 0.5) is 20.6 Å². The molecule has 4 rings (SSSR count). The second-order valence-corrected chi connectivity index (χ2v) is 9.39. The van der Waals surface area contributed by atoms with E-state index in [2.05, 4.69) is 9.88 Å². The number of hydrogen-bond donors (Lipinski definition) is 1. The van der Waals surface area contributed by atoms with Gasteiger partial charge in [-0.05, 0) is 91.8 Å². The number of imide groups is 1. The molecule has 0 bridgehead atoms. The predicted octanol–water partition coefficient (Wildman–Crippen LogP) is 4.97. The second kappa shape index (κ2) is 9.79. The molecule has 1 saturated heterocycles. The van der Waals surface area contributed by atoms with Gasteiger partial charge in [0.2, 0.25) is 5.91 Å². The first-order valence-corrected chi connectivity index (χ1v) is 11.7. The number of nitrogens with one attached hydrogen (secondary N) is 1. The molecule has 1 aliphatic rings. The molecule has 35 heavy (non-hydrogen) atoms. The van der Waals surface area contributed by atoms with Gasteiger partial charge in [-0.2, -0.15) is 0 Å². The highest BCUT2D eigenvalue weighted by Gasteiger charge is 2.36. The van der Waals surface area contributed by atoms with Crippen molar-refractivity contribution in [1.82, 2.24) is 9.47 Å². The van der Waals surface area contributed by atoms with Crippen LogP contribution in [0.2, 0.25) is 0 Å². The minimum Gasteiger partial charge on any atom is -0.378 e. The molecule has 0 radical (unpaired) electrons. The molecule has 3 amide bonds. The standard InChI is InChI=1S/C26H25FN4O3S/c1-16-13-18(17(2)31(16)22-11-9-21(10-12-22)29(3)4)14-23-25(33)30(26(34)35-23)15-24(32)28-20-7-5-19(27)6-8-20/h5-14H,15H2,1-4H3,(H,28,32)/b23-14-. The maximum atomic E-state index is 13.0. The van der Waals surface area contributed by atoms with Crippen LogP contribution >= 0.6 is 11.8 Å². The number of nitrogens with zero attached hydrogens (tertiary/aromatic N) is 3. The average Bonchev–Trinajstić information content (AvgIpc) is 3.24. The van der Waals surface area contributed by atoms with Gasteiger partial charge in [0.25, 0.3) is 11.1 Å². The molecule has 0 atom stereocenters. The Kier molecular flexibility index (Phi) is 6.79. The maximum absolute atomic E-state index is 13.0. The fourth-order valence-corrected chi connectivity index (χ4v) is 4.71. The van der Waals surface area contributed by atoms with E-state index in [4.69, 9.17) is 0 Å². The zero-order valence-corrected chi connectivity index (χ0v) is 20.6. The number of thioether (sulfide) groups is 1. The minimum atomic E-state index is -0.542. The molecular weight excluding hydrogens is 467 g/mol. The van der Waals surface area contributed by atoms with Crippen molar-refractivity contribution in [1.29, 1.82) is 0 Å². The van der Waals surface area contributed by atoms with Crippen molar-refractivity contribution in [2.24, 2.45) is 0 Å². The molecule has 1 fully saturated rings. The van der Waals surface area contributed by atoms with E-state index in [-0.39, 0.29) is 4.91 Å². The number of carbonyl (C=O) groups excluding carboxylic acids is 3. The predicted molar refractivity (Wildman–Crippen MR) is 137 cm³/mol. The number of carbonyl (C=O) groups is 3. The summed E-state index contributed by atoms with van der Waals surface area (Å²) in [7, 11) is 3.97. The molecule has 0 saturated carbocycles. The van der Waals surface area contributed by atoms with Crippen LogP contribution in [0.3, 0.4) is 0 Å². The third-order valence-corrected chi connectivity index (χ3v) is 6.59. The fraction of sp³-hybridized carbons (Fsp3) is 0.192. The lowest BCUT2D eigenvalue weighted by molar-refractivity contribution is -0.127. The summed E-state index contributed by atoms with van der Waals surface area (Å²) in [6.45, 7) is 3.52. The lowest BCUT2D eigenvalue weighted by Crippen LogP contribution is -2.36. The monoisotopic (exact) mass is 492 g/mol. The molecule has 2 heterocycles. The highest BCUT2D eigenvalue weighted by Crippen LogP contribution is 2.34. The Morgan fingerprint density at radius 3 is 2.34 bits per heavy atom. The van der Waals surface area contributed by atoms with Crippen LogP contribution in [-0.2, 0) is 9.59 Å². The molecule has 3 aromatic rings. The fourth-order valence-electron chi connectivity index (χ4n) is 3.89. The van der Waals surface area contributed by atoms with Crippen LogP contribution < -0.4 is 10.2 Å². The largest absolute Gasteiger partial charge is 0.378 e. The Morgan fingerprint density at radius 1 is 1.06 bits per heavy atom. The molecule has 1 N–H and O–H groups in total. The first-order valence-electron chi connectivity index (χ1n) is 10.9. The zero-order valence-electron chi connectivity index (χ0n) is 19.8. The Balaban J connectivity index is 1.51. The summed E-state index contributed by atoms with van der Waals surface area (Å²) < 4.78 is 15.1. The smallest absolute Gasteiger partial charge is 0.294 e. The van der Waals surface area contributed by atoms with Crippen molar-refractivity contribution in [2.45, 2.75) is 13.8 Å². The third kappa shape index (κ3) is 5.14. The molecule has 0 spiro atoms. The van der Waals surface area contributed by atoms with E-state index in [1.165, 1.54) is 24.3 Å². The first-order chi connectivity index (χ1) is 16.6. The number of hydrogen-bond acceptors (Lipinski definition) is 5. The summed E-state index contributed by atoms with van der Waals surface area (Å²) in [6.07, 6.45) is 1.69. The van der Waals surface area contributed by atoms with Gasteiger partial charge in [-0.15, -0.1) is 0 Å². The van der Waals surface area contributed by atoms with Crippen molar-refractivity contribution in [3.05, 3.63) is 82.3 Å². The van der Waals surface area contributed by atoms with Crippen LogP contribution in [-0.4, -0.2) is 47.2 Å². The summed E-state index contributed by atoms with van der Waals surface area (Å²) in [6, 6.07) is 15.4. The number of rotatable bonds is 6. The van der Waals surface area contributed by atoms with Gasteiger partial charge < -0.3 is 14.8 Å². The van der Waals surface area contributed by atoms with Gasteiger partial charge in [0.05, 0.1) is 4.91 Å². The van der Waals surface area contributed by atoms with Crippen molar-refractivity contribution in [3.8, 4) is 5.69 Å². The lowest BCUT2D eigenvalue weighted by Gasteiger charge is -2.15. The second-order valence-electron chi connectivity index (χ2n) is 8.40. The Morgan fingerprint density at radius 2 is 1.71 bits per heavy atom. The topological polar surface area (TPSA) is 74.6 Å². The summed E-state index contributed by atoms with van der Waals surface area (Å²) in [5, 5.41) is 2.05. The number of aryl methyl sites for hydroxylation is 1. The van der Waals surface area contributed by atoms with Gasteiger partial charge in [0.1, 0.15) is 12.4 Å². The van der Waals surface area contributed by atoms with Gasteiger partial charge in [-0.3, -0.25) is 19.3 Å². The number of aromatic nitrogens is 1. The highest BCUT2D eigenvalue weighted by molar-refractivity contribution is 8.18. The van der Waals surface area contributed by atoms with Crippen LogP contribution in [0, 0.1) is 19.7 Å². The van der Waals surface area contributed by atoms with E-state index >= 15 is 0 Å². The summed E-state index contributed by atoms with van der Waals surface area (Å²) in [5.74, 6) is -1.49. The molecule has 0 aliphatic carbocycles.